The van der Waals surface area contributed by atoms with Crippen LogP contribution in [0.3, 0.4) is 0 Å². The van der Waals surface area contributed by atoms with Crippen LogP contribution in [0.2, 0.25) is 0 Å². The summed E-state index contributed by atoms with van der Waals surface area (Å²) in [7, 11) is 0. The Balaban J connectivity index is 0.000000368. The summed E-state index contributed by atoms with van der Waals surface area (Å²) in [6.07, 6.45) is 3.28. The summed E-state index contributed by atoms with van der Waals surface area (Å²) in [5, 5.41) is 18.9. The Labute approximate surface area is 220 Å². The van der Waals surface area contributed by atoms with E-state index in [9.17, 15) is 14.4 Å². The molecular weight excluding hydrogens is 492 g/mol. The summed E-state index contributed by atoms with van der Waals surface area (Å²) in [5.74, 6) is -0.672. The van der Waals surface area contributed by atoms with Gasteiger partial charge in [0.15, 0.2) is 17.6 Å². The molecule has 202 valence electrons. The van der Waals surface area contributed by atoms with Crippen LogP contribution in [0.15, 0.2) is 60.7 Å². The number of aliphatic carboxylic acids is 2. The van der Waals surface area contributed by atoms with Crippen LogP contribution in [0.1, 0.15) is 28.8 Å². The zero-order valence-electron chi connectivity index (χ0n) is 21.0. The molecule has 3 saturated heterocycles. The van der Waals surface area contributed by atoms with Gasteiger partial charge < -0.3 is 34.6 Å². The lowest BCUT2D eigenvalue weighted by atomic mass is 9.84. The van der Waals surface area contributed by atoms with Gasteiger partial charge in [0.05, 0.1) is 13.2 Å². The lowest BCUT2D eigenvalue weighted by molar-refractivity contribution is -0.134. The van der Waals surface area contributed by atoms with Gasteiger partial charge in [0.25, 0.3) is 5.91 Å². The highest BCUT2D eigenvalue weighted by Crippen LogP contribution is 2.33. The number of nitrogens with zero attached hydrogens (tertiary/aromatic N) is 1. The Kier molecular flexibility index (Phi) is 9.34. The van der Waals surface area contributed by atoms with E-state index in [1.807, 2.05) is 42.5 Å². The summed E-state index contributed by atoms with van der Waals surface area (Å²) >= 11 is 0. The number of hydrogen-bond donors (Lipinski definition) is 3. The molecule has 0 radical (unpaired) electrons. The van der Waals surface area contributed by atoms with Gasteiger partial charge in [-0.05, 0) is 55.6 Å². The number of ether oxygens (including phenoxy) is 3. The largest absolute Gasteiger partial charge is 0.486 e. The SMILES string of the molecule is O=C(N[C@H]1CN2CCC1CC2)c1ccc2c(c1)OC(COCc1ccccc1)CO2.O=C(O)/C=C/C(=O)O. The van der Waals surface area contributed by atoms with Crippen molar-refractivity contribution in [3.8, 4) is 11.5 Å². The number of carbonyl (C=O) groups excluding carboxylic acids is 1. The van der Waals surface area contributed by atoms with Crippen molar-refractivity contribution >= 4 is 17.8 Å². The average Bonchev–Trinajstić information content (AvgIpc) is 2.93. The molecule has 0 aliphatic carbocycles. The number of carboxylic acid groups (broad SMARTS) is 2. The first kappa shape index (κ1) is 27.2. The molecule has 2 aromatic carbocycles. The van der Waals surface area contributed by atoms with Crippen LogP contribution in [0.4, 0.5) is 0 Å². The number of piperidine rings is 3. The molecule has 4 heterocycles. The van der Waals surface area contributed by atoms with E-state index < -0.39 is 11.9 Å². The van der Waals surface area contributed by atoms with Crippen molar-refractivity contribution in [1.29, 1.82) is 0 Å². The second kappa shape index (κ2) is 13.1. The molecule has 4 aliphatic rings. The van der Waals surface area contributed by atoms with E-state index in [0.29, 0.717) is 55.0 Å². The molecule has 10 nitrogen and oxygen atoms in total. The van der Waals surface area contributed by atoms with Crippen molar-refractivity contribution in [3.05, 3.63) is 71.8 Å². The molecule has 3 N–H and O–H groups in total. The molecule has 4 aliphatic heterocycles. The van der Waals surface area contributed by atoms with Gasteiger partial charge in [0.1, 0.15) is 6.61 Å². The van der Waals surface area contributed by atoms with Crippen LogP contribution in [-0.4, -0.2) is 78.0 Å². The predicted octanol–water partition coefficient (Wildman–Crippen LogP) is 2.58. The van der Waals surface area contributed by atoms with Gasteiger partial charge in [-0.25, -0.2) is 9.59 Å². The molecule has 3 fully saturated rings. The molecule has 6 rings (SSSR count). The van der Waals surface area contributed by atoms with Crippen molar-refractivity contribution < 1.29 is 38.8 Å². The Morgan fingerprint density at radius 1 is 1.00 bits per heavy atom. The van der Waals surface area contributed by atoms with Crippen LogP contribution in [0.5, 0.6) is 11.5 Å². The van der Waals surface area contributed by atoms with Crippen LogP contribution >= 0.6 is 0 Å². The van der Waals surface area contributed by atoms with Gasteiger partial charge in [-0.1, -0.05) is 30.3 Å². The molecule has 0 saturated carbocycles. The second-order valence-corrected chi connectivity index (χ2v) is 9.44. The quantitative estimate of drug-likeness (QED) is 0.445. The summed E-state index contributed by atoms with van der Waals surface area (Å²) in [4.78, 5) is 34.4. The predicted molar refractivity (Wildman–Crippen MR) is 137 cm³/mol. The molecule has 38 heavy (non-hydrogen) atoms. The lowest BCUT2D eigenvalue weighted by Crippen LogP contribution is -2.57. The van der Waals surface area contributed by atoms with E-state index in [0.717, 1.165) is 25.2 Å². The molecule has 2 aromatic rings. The van der Waals surface area contributed by atoms with Crippen LogP contribution < -0.4 is 14.8 Å². The minimum atomic E-state index is -1.26. The van der Waals surface area contributed by atoms with Gasteiger partial charge in [-0.3, -0.25) is 4.79 Å². The van der Waals surface area contributed by atoms with Crippen LogP contribution in [0.25, 0.3) is 0 Å². The smallest absolute Gasteiger partial charge is 0.328 e. The number of rotatable bonds is 8. The number of nitrogens with one attached hydrogen (secondary N) is 1. The van der Waals surface area contributed by atoms with Crippen molar-refractivity contribution in [2.45, 2.75) is 31.6 Å². The molecule has 1 amide bonds. The van der Waals surface area contributed by atoms with Gasteiger partial charge in [-0.2, -0.15) is 0 Å². The summed E-state index contributed by atoms with van der Waals surface area (Å²) in [6, 6.07) is 15.7. The normalized spacial score (nSPS) is 23.3. The topological polar surface area (TPSA) is 135 Å². The number of benzene rings is 2. The number of fused-ring (bicyclic) bond motifs is 4. The highest BCUT2D eigenvalue weighted by atomic mass is 16.6. The maximum Gasteiger partial charge on any atom is 0.328 e. The maximum atomic E-state index is 12.8. The zero-order valence-corrected chi connectivity index (χ0v) is 21.0. The van der Waals surface area contributed by atoms with Crippen LogP contribution in [-0.2, 0) is 20.9 Å². The van der Waals surface area contributed by atoms with Crippen molar-refractivity contribution in [1.82, 2.24) is 10.2 Å². The third-order valence-electron chi connectivity index (χ3n) is 6.68. The summed E-state index contributed by atoms with van der Waals surface area (Å²) in [6.45, 7) is 4.69. The monoisotopic (exact) mass is 524 g/mol. The summed E-state index contributed by atoms with van der Waals surface area (Å²) < 4.78 is 17.7. The maximum absolute atomic E-state index is 12.8. The molecule has 0 aromatic heterocycles. The minimum Gasteiger partial charge on any atom is -0.486 e. The van der Waals surface area contributed by atoms with Gasteiger partial charge >= 0.3 is 11.9 Å². The third kappa shape index (κ3) is 7.80. The fourth-order valence-corrected chi connectivity index (χ4v) is 4.74. The van der Waals surface area contributed by atoms with E-state index in [-0.39, 0.29) is 18.1 Å². The second-order valence-electron chi connectivity index (χ2n) is 9.44. The first-order chi connectivity index (χ1) is 18.4. The van der Waals surface area contributed by atoms with E-state index in [1.54, 1.807) is 6.07 Å². The first-order valence-electron chi connectivity index (χ1n) is 12.6. The Bertz CT molecular complexity index is 1130. The van der Waals surface area contributed by atoms with Crippen LogP contribution in [0, 0.1) is 5.92 Å². The zero-order chi connectivity index (χ0) is 26.9. The molecule has 0 spiro atoms. The standard InChI is InChI=1S/C24H28N2O4.C4H4O4/c27-24(25-21-13-26-10-8-18(21)9-11-26)19-6-7-22-23(12-19)30-20(16-29-22)15-28-14-17-4-2-1-3-5-17;5-3(6)1-2-4(7)8/h1-7,12,18,20-21H,8-11,13-16H2,(H,25,27);1-2H,(H,5,6)(H,7,8)/b;2-1+/t20?,21-;/m0./s1. The van der Waals surface area contributed by atoms with Gasteiger partial charge in [-0.15, -0.1) is 0 Å². The summed E-state index contributed by atoms with van der Waals surface area (Å²) in [5.41, 5.74) is 1.74. The van der Waals surface area contributed by atoms with Gasteiger partial charge in [0.2, 0.25) is 0 Å². The fraction of sp³-hybridized carbons (Fsp3) is 0.393. The number of carboxylic acids is 2. The van der Waals surface area contributed by atoms with E-state index >= 15 is 0 Å². The van der Waals surface area contributed by atoms with E-state index in [4.69, 9.17) is 24.4 Å². The Morgan fingerprint density at radius 2 is 1.71 bits per heavy atom. The highest BCUT2D eigenvalue weighted by molar-refractivity contribution is 5.95. The van der Waals surface area contributed by atoms with E-state index in [2.05, 4.69) is 10.2 Å². The first-order valence-corrected chi connectivity index (χ1v) is 12.6. The van der Waals surface area contributed by atoms with Gasteiger partial charge in [0, 0.05) is 30.3 Å². The van der Waals surface area contributed by atoms with Crippen molar-refractivity contribution in [3.63, 3.8) is 0 Å². The number of carbonyl (C=O) groups is 3. The molecule has 1 unspecified atom stereocenters. The highest BCUT2D eigenvalue weighted by Gasteiger charge is 2.35. The molecule has 2 atom stereocenters. The van der Waals surface area contributed by atoms with Crippen molar-refractivity contribution in [2.75, 3.05) is 32.8 Å². The average molecular weight is 525 g/mol. The Morgan fingerprint density at radius 3 is 2.34 bits per heavy atom. The lowest BCUT2D eigenvalue weighted by Gasteiger charge is -2.44. The number of amides is 1. The minimum absolute atomic E-state index is 0.0393. The van der Waals surface area contributed by atoms with E-state index in [1.165, 1.54) is 12.8 Å². The van der Waals surface area contributed by atoms with Crippen molar-refractivity contribution in [2.24, 2.45) is 5.92 Å². The fourth-order valence-electron chi connectivity index (χ4n) is 4.74. The Hall–Kier alpha value is -3.89. The molecule has 10 heteroatoms. The molecule has 2 bridgehead atoms. The molecular formula is C28H32N2O8. The number of hydrogen-bond acceptors (Lipinski definition) is 7. The third-order valence-corrected chi connectivity index (χ3v) is 6.68.